The molecule has 0 bridgehead atoms. The summed E-state index contributed by atoms with van der Waals surface area (Å²) in [4.78, 5) is 0. The van der Waals surface area contributed by atoms with E-state index in [0.717, 1.165) is 42.6 Å². The van der Waals surface area contributed by atoms with E-state index in [2.05, 4.69) is 69.1 Å². The predicted octanol–water partition coefficient (Wildman–Crippen LogP) is 1.31. The molecule has 6 atom stereocenters. The van der Waals surface area contributed by atoms with Crippen LogP contribution in [0.15, 0.2) is 48.1 Å². The number of fused-ring (bicyclic) bond motifs is 3. The minimum absolute atomic E-state index is 0. The maximum absolute atomic E-state index is 6.44. The third-order valence-corrected chi connectivity index (χ3v) is 9.30. The van der Waals surface area contributed by atoms with Gasteiger partial charge in [0.15, 0.2) is 8.32 Å². The molecule has 0 N–H and O–H groups in total. The Morgan fingerprint density at radius 3 is 2.19 bits per heavy atom. The van der Waals surface area contributed by atoms with Gasteiger partial charge in [0.25, 0.3) is 0 Å². The molecule has 0 aromatic rings. The zero-order valence-corrected chi connectivity index (χ0v) is 24.7. The minimum Gasteiger partial charge on any atom is -1.00 e. The summed E-state index contributed by atoms with van der Waals surface area (Å²) in [5.74, 6) is 4.09. The van der Waals surface area contributed by atoms with Crippen molar-refractivity contribution in [2.45, 2.75) is 71.5 Å². The van der Waals surface area contributed by atoms with Gasteiger partial charge in [-0.25, -0.2) is 0 Å². The Hall–Kier alpha value is 0.600. The Bertz CT molecular complexity index is 696. The van der Waals surface area contributed by atoms with Crippen LogP contribution in [0.2, 0.25) is 19.6 Å². The van der Waals surface area contributed by atoms with E-state index in [0.29, 0.717) is 5.41 Å². The standard InChI is InChI=1S/C26H40OSi.2ClH.Zr/c1-5-26(20-12-6-7-13-20,18-19-27-28(2,3)4)25-23-16-10-8-14-21(23)22-15-9-11-17-24(22)25;;;/h6-8,10,12,14,16,21-25H,5,9,11,13,15,17-19H2,1-4H3;2*1H;/q;;;+2/p-2. The Morgan fingerprint density at radius 2 is 1.61 bits per heavy atom. The van der Waals surface area contributed by atoms with Gasteiger partial charge >= 0.3 is 26.2 Å². The van der Waals surface area contributed by atoms with E-state index in [1.54, 1.807) is 5.57 Å². The van der Waals surface area contributed by atoms with Crippen molar-refractivity contribution in [2.24, 2.45) is 35.0 Å². The molecule has 31 heavy (non-hydrogen) atoms. The van der Waals surface area contributed by atoms with E-state index < -0.39 is 8.32 Å². The van der Waals surface area contributed by atoms with Crippen molar-refractivity contribution in [3.63, 3.8) is 0 Å². The number of hydrogen-bond donors (Lipinski definition) is 0. The molecule has 172 valence electrons. The fourth-order valence-electron chi connectivity index (χ4n) is 7.14. The van der Waals surface area contributed by atoms with Gasteiger partial charge in [0, 0.05) is 6.61 Å². The molecule has 5 heteroatoms. The maximum atomic E-state index is 6.44. The second-order valence-electron chi connectivity index (χ2n) is 10.6. The van der Waals surface area contributed by atoms with Crippen molar-refractivity contribution in [3.05, 3.63) is 48.1 Å². The van der Waals surface area contributed by atoms with Gasteiger partial charge in [-0.05, 0) is 86.7 Å². The van der Waals surface area contributed by atoms with Crippen LogP contribution in [0.4, 0.5) is 0 Å². The molecule has 2 fully saturated rings. The van der Waals surface area contributed by atoms with E-state index in [9.17, 15) is 0 Å². The normalized spacial score (nSPS) is 32.6. The average molecular weight is 559 g/mol. The third-order valence-electron chi connectivity index (χ3n) is 8.23. The van der Waals surface area contributed by atoms with E-state index in [-0.39, 0.29) is 51.0 Å². The first-order valence-corrected chi connectivity index (χ1v) is 15.2. The van der Waals surface area contributed by atoms with Crippen LogP contribution in [0, 0.1) is 35.0 Å². The second kappa shape index (κ2) is 12.3. The molecule has 1 nitrogen and oxygen atoms in total. The summed E-state index contributed by atoms with van der Waals surface area (Å²) >= 11 is 0. The zero-order chi connectivity index (χ0) is 19.8. The Morgan fingerprint density at radius 1 is 0.968 bits per heavy atom. The molecular formula is C26H40Cl2OSiZr. The molecule has 6 unspecified atom stereocenters. The summed E-state index contributed by atoms with van der Waals surface area (Å²) in [7, 11) is -1.48. The van der Waals surface area contributed by atoms with Gasteiger partial charge in [0.2, 0.25) is 0 Å². The molecule has 0 saturated heterocycles. The summed E-state index contributed by atoms with van der Waals surface area (Å²) in [6.45, 7) is 10.4. The first kappa shape index (κ1) is 29.6. The Kier molecular flexibility index (Phi) is 11.8. The first-order chi connectivity index (χ1) is 13.5. The van der Waals surface area contributed by atoms with Gasteiger partial charge in [-0.1, -0.05) is 67.9 Å². The van der Waals surface area contributed by atoms with Crippen molar-refractivity contribution < 1.29 is 55.4 Å². The molecule has 0 aromatic heterocycles. The number of hydrogen-bond acceptors (Lipinski definition) is 1. The monoisotopic (exact) mass is 556 g/mol. The number of halogens is 2. The maximum Gasteiger partial charge on any atom is 2.00 e. The largest absolute Gasteiger partial charge is 2.00 e. The van der Waals surface area contributed by atoms with Crippen LogP contribution in [0.3, 0.4) is 0 Å². The molecule has 0 aliphatic heterocycles. The first-order valence-electron chi connectivity index (χ1n) is 11.8. The fourth-order valence-corrected chi connectivity index (χ4v) is 7.86. The zero-order valence-electron chi connectivity index (χ0n) is 19.7. The summed E-state index contributed by atoms with van der Waals surface area (Å²) in [6.07, 6.45) is 26.3. The van der Waals surface area contributed by atoms with E-state index in [1.807, 2.05) is 0 Å². The van der Waals surface area contributed by atoms with Crippen LogP contribution >= 0.6 is 0 Å². The van der Waals surface area contributed by atoms with E-state index >= 15 is 0 Å². The fraction of sp³-hybridized carbons (Fsp3) is 0.692. The predicted molar refractivity (Wildman–Crippen MR) is 123 cm³/mol. The van der Waals surface area contributed by atoms with Gasteiger partial charge in [-0.15, -0.1) is 0 Å². The van der Waals surface area contributed by atoms with Gasteiger partial charge in [-0.3, -0.25) is 0 Å². The van der Waals surface area contributed by atoms with Crippen molar-refractivity contribution in [1.29, 1.82) is 0 Å². The summed E-state index contributed by atoms with van der Waals surface area (Å²) in [6, 6.07) is 0. The van der Waals surface area contributed by atoms with Gasteiger partial charge < -0.3 is 29.2 Å². The number of allylic oxidation sites excluding steroid dienone is 8. The van der Waals surface area contributed by atoms with Crippen molar-refractivity contribution in [1.82, 2.24) is 0 Å². The number of rotatable bonds is 7. The smallest absolute Gasteiger partial charge is 1.00 e. The SMILES string of the molecule is CCC(CCO[Si](C)(C)C)(C1=CC=CC1)C1C2C=CC=CC2C2CCCCC21.[Cl-].[Cl-].[Zr+2]. The average Bonchev–Trinajstić information content (AvgIpc) is 3.32. The molecule has 4 aliphatic carbocycles. The van der Waals surface area contributed by atoms with Gasteiger partial charge in [0.05, 0.1) is 0 Å². The molecule has 0 spiro atoms. The Labute approximate surface area is 223 Å². The van der Waals surface area contributed by atoms with Crippen LogP contribution < -0.4 is 24.8 Å². The Balaban J connectivity index is 0.00000160. The summed E-state index contributed by atoms with van der Waals surface area (Å²) in [5, 5.41) is 0. The van der Waals surface area contributed by atoms with Crippen LogP contribution in [-0.4, -0.2) is 14.9 Å². The van der Waals surface area contributed by atoms with E-state index in [1.165, 1.54) is 38.5 Å². The molecule has 0 radical (unpaired) electrons. The van der Waals surface area contributed by atoms with Crippen molar-refractivity contribution in [3.8, 4) is 0 Å². The summed E-state index contributed by atoms with van der Waals surface area (Å²) < 4.78 is 6.44. The molecule has 4 rings (SSSR count). The quantitative estimate of drug-likeness (QED) is 0.429. The third kappa shape index (κ3) is 6.00. The van der Waals surface area contributed by atoms with Crippen LogP contribution in [0.1, 0.15) is 51.9 Å². The summed E-state index contributed by atoms with van der Waals surface area (Å²) in [5.41, 5.74) is 2.00. The van der Waals surface area contributed by atoms with Crippen molar-refractivity contribution >= 4 is 8.32 Å². The molecule has 0 heterocycles. The minimum atomic E-state index is -1.48. The van der Waals surface area contributed by atoms with E-state index in [4.69, 9.17) is 4.43 Å². The van der Waals surface area contributed by atoms with Gasteiger partial charge in [-0.2, -0.15) is 0 Å². The molecule has 0 amide bonds. The molecular weight excluding hydrogens is 519 g/mol. The van der Waals surface area contributed by atoms with Crippen LogP contribution in [0.5, 0.6) is 0 Å². The molecule has 4 aliphatic rings. The van der Waals surface area contributed by atoms with Crippen LogP contribution in [-0.2, 0) is 30.6 Å². The van der Waals surface area contributed by atoms with Gasteiger partial charge in [0.1, 0.15) is 0 Å². The topological polar surface area (TPSA) is 9.23 Å². The second-order valence-corrected chi connectivity index (χ2v) is 15.1. The van der Waals surface area contributed by atoms with Crippen molar-refractivity contribution in [2.75, 3.05) is 6.61 Å². The van der Waals surface area contributed by atoms with Crippen LogP contribution in [0.25, 0.3) is 0 Å². The molecule has 2 saturated carbocycles. The molecule has 0 aromatic carbocycles.